The number of benzene rings is 2. The molecular weight excluding hydrogens is 320 g/mol. The van der Waals surface area contributed by atoms with Crippen LogP contribution in [-0.4, -0.2) is 36.2 Å². The Morgan fingerprint density at radius 2 is 1.88 bits per heavy atom. The van der Waals surface area contributed by atoms with Gasteiger partial charge in [-0.05, 0) is 42.2 Å². The van der Waals surface area contributed by atoms with Crippen molar-refractivity contribution < 1.29 is 24.5 Å². The van der Waals surface area contributed by atoms with E-state index in [0.717, 1.165) is 22.4 Å². The van der Waals surface area contributed by atoms with Crippen LogP contribution in [-0.2, 0) is 16.0 Å². The number of rotatable bonds is 8. The summed E-state index contributed by atoms with van der Waals surface area (Å²) in [6.07, 6.45) is -1.13. The van der Waals surface area contributed by atoms with Crippen molar-refractivity contribution in [3.8, 4) is 5.75 Å². The van der Waals surface area contributed by atoms with Gasteiger partial charge in [-0.15, -0.1) is 0 Å². The van der Waals surface area contributed by atoms with E-state index >= 15 is 0 Å². The van der Waals surface area contributed by atoms with Crippen LogP contribution in [0.1, 0.15) is 36.0 Å². The summed E-state index contributed by atoms with van der Waals surface area (Å²) in [5.41, 5.74) is 2.70. The van der Waals surface area contributed by atoms with Crippen molar-refractivity contribution >= 4 is 5.97 Å². The second-order valence-corrected chi connectivity index (χ2v) is 5.76. The Balaban J connectivity index is 2.29. The molecule has 2 aromatic carbocycles. The van der Waals surface area contributed by atoms with Crippen LogP contribution in [0.25, 0.3) is 0 Å². The highest BCUT2D eigenvalue weighted by Crippen LogP contribution is 2.28. The molecule has 25 heavy (non-hydrogen) atoms. The van der Waals surface area contributed by atoms with Crippen LogP contribution in [0.3, 0.4) is 0 Å². The minimum atomic E-state index is -1.64. The first-order valence-electron chi connectivity index (χ1n) is 8.27. The lowest BCUT2D eigenvalue weighted by Crippen LogP contribution is -2.23. The molecule has 0 radical (unpaired) electrons. The molecule has 0 amide bonds. The Labute approximate surface area is 147 Å². The summed E-state index contributed by atoms with van der Waals surface area (Å²) in [6, 6.07) is 15.2. The average Bonchev–Trinajstić information content (AvgIpc) is 2.60. The fraction of sp³-hybridized carbons (Fsp3) is 0.350. The summed E-state index contributed by atoms with van der Waals surface area (Å²) < 4.78 is 10.2. The van der Waals surface area contributed by atoms with Crippen molar-refractivity contribution in [3.63, 3.8) is 0 Å². The van der Waals surface area contributed by atoms with E-state index in [1.54, 1.807) is 14.0 Å². The summed E-state index contributed by atoms with van der Waals surface area (Å²) in [5.74, 6) is -0.419. The van der Waals surface area contributed by atoms with Gasteiger partial charge in [-0.2, -0.15) is 0 Å². The monoisotopic (exact) mass is 344 g/mol. The molecule has 0 aliphatic rings. The predicted molar refractivity (Wildman–Crippen MR) is 94.5 cm³/mol. The first kappa shape index (κ1) is 19.0. The maximum absolute atomic E-state index is 11.8. The zero-order valence-electron chi connectivity index (χ0n) is 14.5. The first-order chi connectivity index (χ1) is 12.0. The lowest BCUT2D eigenvalue weighted by Gasteiger charge is -2.21. The molecule has 5 nitrogen and oxygen atoms in total. The van der Waals surface area contributed by atoms with Crippen molar-refractivity contribution in [2.75, 3.05) is 13.7 Å². The van der Waals surface area contributed by atoms with Gasteiger partial charge in [0.05, 0.1) is 20.1 Å². The Hall–Kier alpha value is -2.37. The molecule has 0 saturated heterocycles. The summed E-state index contributed by atoms with van der Waals surface area (Å²) in [5, 5.41) is 19.6. The van der Waals surface area contributed by atoms with Gasteiger partial charge in [0.2, 0.25) is 0 Å². The third-order valence-electron chi connectivity index (χ3n) is 4.04. The topological polar surface area (TPSA) is 76.0 Å². The van der Waals surface area contributed by atoms with Gasteiger partial charge in [0, 0.05) is 5.92 Å². The SMILES string of the molecule is CCOC(=O)CC(c1ccccc1Cc1cccc(OC)c1)C(O)O. The van der Waals surface area contributed by atoms with E-state index in [2.05, 4.69) is 0 Å². The molecular formula is C20H24O5. The van der Waals surface area contributed by atoms with Gasteiger partial charge >= 0.3 is 5.97 Å². The third kappa shape index (κ3) is 5.31. The second kappa shape index (κ2) is 9.20. The van der Waals surface area contributed by atoms with Crippen LogP contribution in [0.4, 0.5) is 0 Å². The van der Waals surface area contributed by atoms with Gasteiger partial charge in [-0.25, -0.2) is 0 Å². The number of ether oxygens (including phenoxy) is 2. The van der Waals surface area contributed by atoms with Crippen LogP contribution in [0.15, 0.2) is 48.5 Å². The van der Waals surface area contributed by atoms with E-state index in [4.69, 9.17) is 9.47 Å². The van der Waals surface area contributed by atoms with Gasteiger partial charge in [0.25, 0.3) is 0 Å². The lowest BCUT2D eigenvalue weighted by molar-refractivity contribution is -0.147. The third-order valence-corrected chi connectivity index (χ3v) is 4.04. The maximum Gasteiger partial charge on any atom is 0.306 e. The largest absolute Gasteiger partial charge is 0.497 e. The van der Waals surface area contributed by atoms with Crippen molar-refractivity contribution in [3.05, 3.63) is 65.2 Å². The maximum atomic E-state index is 11.8. The van der Waals surface area contributed by atoms with Crippen LogP contribution in [0.2, 0.25) is 0 Å². The van der Waals surface area contributed by atoms with E-state index in [9.17, 15) is 15.0 Å². The Morgan fingerprint density at radius 1 is 1.12 bits per heavy atom. The molecule has 0 fully saturated rings. The minimum Gasteiger partial charge on any atom is -0.497 e. The summed E-state index contributed by atoms with van der Waals surface area (Å²) >= 11 is 0. The molecule has 0 aliphatic carbocycles. The van der Waals surface area contributed by atoms with Gasteiger partial charge < -0.3 is 19.7 Å². The van der Waals surface area contributed by atoms with Crippen LogP contribution >= 0.6 is 0 Å². The van der Waals surface area contributed by atoms with Gasteiger partial charge in [0.15, 0.2) is 6.29 Å². The number of carbonyl (C=O) groups is 1. The molecule has 0 bridgehead atoms. The normalized spacial score (nSPS) is 12.0. The molecule has 5 heteroatoms. The molecule has 0 aliphatic heterocycles. The number of aliphatic hydroxyl groups is 2. The van der Waals surface area contributed by atoms with Gasteiger partial charge in [-0.3, -0.25) is 4.79 Å². The number of aliphatic hydroxyl groups excluding tert-OH is 1. The molecule has 2 rings (SSSR count). The van der Waals surface area contributed by atoms with E-state index < -0.39 is 18.2 Å². The molecule has 2 N–H and O–H groups in total. The van der Waals surface area contributed by atoms with Gasteiger partial charge in [-0.1, -0.05) is 36.4 Å². The number of hydrogen-bond donors (Lipinski definition) is 2. The van der Waals surface area contributed by atoms with E-state index in [0.29, 0.717) is 6.42 Å². The van der Waals surface area contributed by atoms with Crippen molar-refractivity contribution in [2.45, 2.75) is 32.0 Å². The Bertz CT molecular complexity index is 696. The van der Waals surface area contributed by atoms with Crippen molar-refractivity contribution in [2.24, 2.45) is 0 Å². The zero-order chi connectivity index (χ0) is 18.2. The lowest BCUT2D eigenvalue weighted by atomic mass is 9.88. The summed E-state index contributed by atoms with van der Waals surface area (Å²) in [6.45, 7) is 1.98. The fourth-order valence-corrected chi connectivity index (χ4v) is 2.83. The fourth-order valence-electron chi connectivity index (χ4n) is 2.83. The quantitative estimate of drug-likeness (QED) is 0.569. The highest BCUT2D eigenvalue weighted by molar-refractivity contribution is 5.70. The van der Waals surface area contributed by atoms with Crippen LogP contribution < -0.4 is 4.74 Å². The molecule has 1 atom stereocenters. The van der Waals surface area contributed by atoms with E-state index in [-0.39, 0.29) is 13.0 Å². The molecule has 0 saturated carbocycles. The number of methoxy groups -OCH3 is 1. The Kier molecular flexibility index (Phi) is 6.98. The number of hydrogen-bond acceptors (Lipinski definition) is 5. The van der Waals surface area contributed by atoms with Gasteiger partial charge in [0.1, 0.15) is 5.75 Å². The van der Waals surface area contributed by atoms with Crippen LogP contribution in [0.5, 0.6) is 5.75 Å². The molecule has 2 aromatic rings. The standard InChI is InChI=1S/C20H24O5/c1-3-25-19(21)13-18(20(22)23)17-10-5-4-8-15(17)11-14-7-6-9-16(12-14)24-2/h4-10,12,18,20,22-23H,3,11,13H2,1-2H3. The molecule has 1 unspecified atom stereocenters. The first-order valence-corrected chi connectivity index (χ1v) is 8.27. The molecule has 134 valence electrons. The zero-order valence-corrected chi connectivity index (χ0v) is 14.5. The van der Waals surface area contributed by atoms with Crippen molar-refractivity contribution in [1.82, 2.24) is 0 Å². The van der Waals surface area contributed by atoms with Crippen molar-refractivity contribution in [1.29, 1.82) is 0 Å². The smallest absolute Gasteiger partial charge is 0.306 e. The van der Waals surface area contributed by atoms with E-state index in [1.807, 2.05) is 48.5 Å². The molecule has 0 aromatic heterocycles. The predicted octanol–water partition coefficient (Wildman–Crippen LogP) is 2.63. The molecule has 0 heterocycles. The Morgan fingerprint density at radius 3 is 2.56 bits per heavy atom. The molecule has 0 spiro atoms. The minimum absolute atomic E-state index is 0.0827. The highest BCUT2D eigenvalue weighted by Gasteiger charge is 2.25. The highest BCUT2D eigenvalue weighted by atomic mass is 16.5. The summed E-state index contributed by atoms with van der Waals surface area (Å²) in [4.78, 5) is 11.8. The van der Waals surface area contributed by atoms with Crippen LogP contribution in [0, 0.1) is 0 Å². The van der Waals surface area contributed by atoms with E-state index in [1.165, 1.54) is 0 Å². The second-order valence-electron chi connectivity index (χ2n) is 5.76. The average molecular weight is 344 g/mol. The summed E-state index contributed by atoms with van der Waals surface area (Å²) in [7, 11) is 1.62. The number of carbonyl (C=O) groups excluding carboxylic acids is 1. The number of esters is 1.